The first-order valence-electron chi connectivity index (χ1n) is 7.62. The van der Waals surface area contributed by atoms with Gasteiger partial charge in [-0.05, 0) is 26.7 Å². The van der Waals surface area contributed by atoms with E-state index >= 15 is 0 Å². The van der Waals surface area contributed by atoms with Crippen molar-refractivity contribution in [2.24, 2.45) is 0 Å². The van der Waals surface area contributed by atoms with Crippen molar-refractivity contribution in [1.29, 1.82) is 0 Å². The zero-order valence-corrected chi connectivity index (χ0v) is 13.6. The molecule has 0 saturated heterocycles. The Morgan fingerprint density at radius 2 is 1.86 bits per heavy atom. The van der Waals surface area contributed by atoms with E-state index in [2.05, 4.69) is 9.97 Å². The summed E-state index contributed by atoms with van der Waals surface area (Å²) in [4.78, 5) is 8.36. The van der Waals surface area contributed by atoms with Crippen molar-refractivity contribution in [3.63, 3.8) is 0 Å². The van der Waals surface area contributed by atoms with Crippen LogP contribution in [0.15, 0.2) is 6.20 Å². The van der Waals surface area contributed by atoms with Gasteiger partial charge in [0, 0.05) is 12.1 Å². The molecule has 6 nitrogen and oxygen atoms in total. The molecule has 0 aliphatic heterocycles. The summed E-state index contributed by atoms with van der Waals surface area (Å²) in [5.41, 5.74) is 6.47. The van der Waals surface area contributed by atoms with Crippen molar-refractivity contribution in [3.8, 4) is 0 Å². The lowest BCUT2D eigenvalue weighted by molar-refractivity contribution is 0.229. The maximum atomic E-state index is 13.0. The lowest BCUT2D eigenvalue weighted by Crippen LogP contribution is -2.23. The smallest absolute Gasteiger partial charge is 0.364 e. The predicted molar refractivity (Wildman–Crippen MR) is 82.8 cm³/mol. The molecule has 1 aliphatic carbocycles. The minimum Gasteiger partial charge on any atom is -0.368 e. The lowest BCUT2D eigenvalue weighted by atomic mass is 9.87. The van der Waals surface area contributed by atoms with Crippen LogP contribution in [0, 0.1) is 0 Å². The van der Waals surface area contributed by atoms with Gasteiger partial charge >= 0.3 is 7.60 Å². The molecule has 0 atom stereocenters. The highest BCUT2D eigenvalue weighted by molar-refractivity contribution is 7.62. The number of nitrogens with two attached hydrogens (primary N) is 1. The van der Waals surface area contributed by atoms with Crippen LogP contribution >= 0.6 is 7.60 Å². The van der Waals surface area contributed by atoms with Crippen LogP contribution in [0.1, 0.15) is 57.6 Å². The fourth-order valence-electron chi connectivity index (χ4n) is 2.81. The highest BCUT2D eigenvalue weighted by atomic mass is 31.2. The van der Waals surface area contributed by atoms with E-state index in [1.807, 2.05) is 0 Å². The van der Waals surface area contributed by atoms with Gasteiger partial charge < -0.3 is 14.8 Å². The molecule has 1 aromatic rings. The Bertz CT molecular complexity index is 508. The van der Waals surface area contributed by atoms with Crippen molar-refractivity contribution in [2.45, 2.75) is 51.9 Å². The zero-order valence-electron chi connectivity index (χ0n) is 12.7. The Morgan fingerprint density at radius 3 is 2.43 bits per heavy atom. The molecule has 7 heteroatoms. The molecule has 21 heavy (non-hydrogen) atoms. The standard InChI is InChI=1S/C14H24N3O3P/c1-3-19-21(18,20-4-2)12-10-16-14(15)17-13(12)11-8-6-5-7-9-11/h10-11H,3-9H2,1-2H3,(H2,15,16,17). The van der Waals surface area contributed by atoms with Crippen molar-refractivity contribution in [1.82, 2.24) is 9.97 Å². The molecule has 0 amide bonds. The van der Waals surface area contributed by atoms with Crippen molar-refractivity contribution < 1.29 is 13.6 Å². The van der Waals surface area contributed by atoms with E-state index < -0.39 is 7.60 Å². The van der Waals surface area contributed by atoms with Crippen LogP contribution in [-0.2, 0) is 13.6 Å². The number of hydrogen-bond donors (Lipinski definition) is 1. The number of nitrogens with zero attached hydrogens (tertiary/aromatic N) is 2. The first-order chi connectivity index (χ1) is 10.1. The summed E-state index contributed by atoms with van der Waals surface area (Å²) in [6, 6.07) is 0. The highest BCUT2D eigenvalue weighted by Crippen LogP contribution is 2.49. The SMILES string of the molecule is CCOP(=O)(OCC)c1cnc(N)nc1C1CCCCC1. The van der Waals surface area contributed by atoms with Gasteiger partial charge in [-0.2, -0.15) is 0 Å². The quantitative estimate of drug-likeness (QED) is 0.812. The van der Waals surface area contributed by atoms with Crippen molar-refractivity contribution >= 4 is 18.8 Å². The summed E-state index contributed by atoms with van der Waals surface area (Å²) in [6.45, 7) is 4.21. The second-order valence-corrected chi connectivity index (χ2v) is 7.16. The first kappa shape index (κ1) is 16.4. The maximum absolute atomic E-state index is 13.0. The maximum Gasteiger partial charge on any atom is 0.364 e. The average molecular weight is 313 g/mol. The number of anilines is 1. The molecule has 0 unspecified atom stereocenters. The summed E-state index contributed by atoms with van der Waals surface area (Å²) in [7, 11) is -3.38. The van der Waals surface area contributed by atoms with E-state index in [4.69, 9.17) is 14.8 Å². The second kappa shape index (κ2) is 7.34. The van der Waals surface area contributed by atoms with Gasteiger partial charge in [0.15, 0.2) is 0 Å². The van der Waals surface area contributed by atoms with Crippen molar-refractivity contribution in [3.05, 3.63) is 11.9 Å². The molecule has 0 bridgehead atoms. The largest absolute Gasteiger partial charge is 0.368 e. The molecule has 1 fully saturated rings. The average Bonchev–Trinajstić information content (AvgIpc) is 2.48. The first-order valence-corrected chi connectivity index (χ1v) is 9.17. The summed E-state index contributed by atoms with van der Waals surface area (Å²) in [6.07, 6.45) is 7.12. The molecule has 0 spiro atoms. The Hall–Kier alpha value is -0.970. The number of rotatable bonds is 6. The molecule has 1 heterocycles. The minimum absolute atomic E-state index is 0.207. The fourth-order valence-corrected chi connectivity index (χ4v) is 4.55. The van der Waals surface area contributed by atoms with Gasteiger partial charge in [0.05, 0.1) is 18.9 Å². The Labute approximate surface area is 126 Å². The predicted octanol–water partition coefficient (Wildman–Crippen LogP) is 3.00. The van der Waals surface area contributed by atoms with Crippen LogP contribution < -0.4 is 11.0 Å². The van der Waals surface area contributed by atoms with Gasteiger partial charge in [0.2, 0.25) is 5.95 Å². The normalized spacial score (nSPS) is 17.0. The van der Waals surface area contributed by atoms with Crippen LogP contribution in [0.3, 0.4) is 0 Å². The van der Waals surface area contributed by atoms with E-state index in [1.165, 1.54) is 12.6 Å². The van der Waals surface area contributed by atoms with Crippen LogP contribution in [-0.4, -0.2) is 23.2 Å². The fraction of sp³-hybridized carbons (Fsp3) is 0.714. The Kier molecular flexibility index (Phi) is 5.73. The van der Waals surface area contributed by atoms with E-state index in [9.17, 15) is 4.57 Å². The van der Waals surface area contributed by atoms with Crippen LogP contribution in [0.5, 0.6) is 0 Å². The van der Waals surface area contributed by atoms with E-state index in [-0.39, 0.29) is 11.9 Å². The minimum atomic E-state index is -3.38. The molecular weight excluding hydrogens is 289 g/mol. The molecule has 2 rings (SSSR count). The third-order valence-corrected chi connectivity index (χ3v) is 5.83. The second-order valence-electron chi connectivity index (χ2n) is 5.17. The van der Waals surface area contributed by atoms with Gasteiger partial charge in [0.25, 0.3) is 0 Å². The van der Waals surface area contributed by atoms with Gasteiger partial charge in [-0.25, -0.2) is 9.97 Å². The summed E-state index contributed by atoms with van der Waals surface area (Å²) < 4.78 is 23.9. The zero-order chi connectivity index (χ0) is 15.3. The Balaban J connectivity index is 2.43. The van der Waals surface area contributed by atoms with Gasteiger partial charge in [0.1, 0.15) is 5.30 Å². The molecule has 1 saturated carbocycles. The topological polar surface area (TPSA) is 87.3 Å². The molecule has 0 radical (unpaired) electrons. The Morgan fingerprint density at radius 1 is 1.24 bits per heavy atom. The van der Waals surface area contributed by atoms with Crippen LogP contribution in [0.2, 0.25) is 0 Å². The van der Waals surface area contributed by atoms with Gasteiger partial charge in [-0.3, -0.25) is 4.57 Å². The van der Waals surface area contributed by atoms with Gasteiger partial charge in [-0.1, -0.05) is 19.3 Å². The van der Waals surface area contributed by atoms with Crippen LogP contribution in [0.4, 0.5) is 5.95 Å². The third-order valence-electron chi connectivity index (χ3n) is 3.70. The van der Waals surface area contributed by atoms with Crippen LogP contribution in [0.25, 0.3) is 0 Å². The lowest BCUT2D eigenvalue weighted by Gasteiger charge is -2.25. The summed E-state index contributed by atoms with van der Waals surface area (Å²) in [5.74, 6) is 0.465. The molecule has 1 aliphatic rings. The van der Waals surface area contributed by atoms with Gasteiger partial charge in [-0.15, -0.1) is 0 Å². The highest BCUT2D eigenvalue weighted by Gasteiger charge is 2.34. The molecular formula is C14H24N3O3P. The summed E-state index contributed by atoms with van der Waals surface area (Å²) in [5, 5.41) is 0.479. The van der Waals surface area contributed by atoms with Crippen molar-refractivity contribution in [2.75, 3.05) is 18.9 Å². The number of hydrogen-bond acceptors (Lipinski definition) is 6. The molecule has 0 aromatic carbocycles. The number of aromatic nitrogens is 2. The third kappa shape index (κ3) is 3.82. The van der Waals surface area contributed by atoms with E-state index in [1.54, 1.807) is 13.8 Å². The summed E-state index contributed by atoms with van der Waals surface area (Å²) >= 11 is 0. The van der Waals surface area contributed by atoms with E-state index in [0.717, 1.165) is 31.4 Å². The molecule has 2 N–H and O–H groups in total. The van der Waals surface area contributed by atoms with E-state index in [0.29, 0.717) is 18.5 Å². The number of nitrogen functional groups attached to an aromatic ring is 1. The molecule has 118 valence electrons. The molecule has 1 aromatic heterocycles. The monoisotopic (exact) mass is 313 g/mol.